The van der Waals surface area contributed by atoms with Gasteiger partial charge < -0.3 is 61.8 Å². The van der Waals surface area contributed by atoms with Gasteiger partial charge in [-0.3, -0.25) is 33.6 Å². The molecule has 0 aromatic heterocycles. The highest BCUT2D eigenvalue weighted by Crippen LogP contribution is 2.38. The minimum absolute atomic E-state index is 0.0556. The molecule has 20 heteroatoms. The fourth-order valence-electron chi connectivity index (χ4n) is 7.82. The minimum Gasteiger partial charge on any atom is -0.507 e. The van der Waals surface area contributed by atoms with Crippen LogP contribution in [0.3, 0.4) is 0 Å². The third-order valence-electron chi connectivity index (χ3n) is 12.0. The van der Waals surface area contributed by atoms with Gasteiger partial charge in [0.1, 0.15) is 41.7 Å². The fraction of sp³-hybridized carbons (Fsp3) is 0.596. The van der Waals surface area contributed by atoms with Crippen molar-refractivity contribution in [2.75, 3.05) is 33.7 Å². The lowest BCUT2D eigenvalue weighted by Crippen LogP contribution is -2.56. The van der Waals surface area contributed by atoms with Crippen LogP contribution in [0, 0.1) is 0 Å². The van der Waals surface area contributed by atoms with Gasteiger partial charge in [0.25, 0.3) is 0 Å². The predicted octanol–water partition coefficient (Wildman–Crippen LogP) is 1.86. The Hall–Kier alpha value is -5.73. The van der Waals surface area contributed by atoms with Crippen LogP contribution in [-0.4, -0.2) is 141 Å². The number of phenolic OH excluding ortho intramolecular Hbond substituents is 2. The third-order valence-corrected chi connectivity index (χ3v) is 12.0. The summed E-state index contributed by atoms with van der Waals surface area (Å²) in [6, 6.07) is 1.72. The van der Waals surface area contributed by atoms with Gasteiger partial charge in [-0.15, -0.1) is 0 Å². The first-order valence-corrected chi connectivity index (χ1v) is 23.5. The number of aliphatic hydroxyl groups is 1. The van der Waals surface area contributed by atoms with Crippen molar-refractivity contribution in [1.29, 1.82) is 0 Å². The smallest absolute Gasteiger partial charge is 0.472 e. The molecule has 10 N–H and O–H groups in total. The van der Waals surface area contributed by atoms with E-state index in [9.17, 15) is 58.9 Å². The number of rotatable bonds is 25. The SMILES string of the molecule is CCCCCCCCCCCCCCCC(=O)N(C)[C@H](CO)C(=O)N[C@H](C)C(=O)NCC(=O)N(C)[C@@H]1C(=O)N[C@@H](C)C(=O)N[C@H](C(=O)NCB(O)O)Cc2ccc(O)c(c2)-c2cc1ccc2O. The Morgan fingerprint density at radius 1 is 0.761 bits per heavy atom. The molecule has 0 spiro atoms. The molecule has 7 amide bonds. The number of likely N-dealkylation sites (N-methyl/N-ethyl adjacent to an activating group) is 2. The van der Waals surface area contributed by atoms with Gasteiger partial charge >= 0.3 is 7.12 Å². The van der Waals surface area contributed by atoms with E-state index in [1.54, 1.807) is 0 Å². The molecule has 2 aromatic carbocycles. The van der Waals surface area contributed by atoms with E-state index in [1.807, 2.05) is 0 Å². The van der Waals surface area contributed by atoms with Crippen molar-refractivity contribution in [2.24, 2.45) is 0 Å². The summed E-state index contributed by atoms with van der Waals surface area (Å²) < 4.78 is 0. The maximum absolute atomic E-state index is 14.0. The molecule has 2 aromatic rings. The number of carbonyl (C=O) groups is 7. The standard InChI is InChI=1S/C47H72BN7O12/c1-6-7-8-9-10-11-12-13-14-15-16-17-18-19-40(59)54(4)37(28-56)46(64)51-30(2)43(61)49-27-41(60)55(5)42-33-21-23-39(58)35(26-33)34-24-32(20-22-38(34)57)25-36(45(63)50-29-48(66)67)53-44(62)31(3)52-47(42)65/h20-24,26,30-31,36-37,42,56-58,66-67H,6-19,25,27-29H2,1-5H3,(H,49,61)(H,50,63)(H,51,64)(H,52,65)(H,53,62)/t30-,31+,36+,37-,42+/m1/s1. The Morgan fingerprint density at radius 2 is 1.33 bits per heavy atom. The topological polar surface area (TPSA) is 287 Å². The summed E-state index contributed by atoms with van der Waals surface area (Å²) in [7, 11) is 0.813. The zero-order valence-corrected chi connectivity index (χ0v) is 39.6. The number of fused-ring (bicyclic) bond motifs is 5. The zero-order valence-electron chi connectivity index (χ0n) is 39.6. The molecule has 0 aliphatic carbocycles. The Labute approximate surface area is 394 Å². The number of aliphatic hydroxyl groups excluding tert-OH is 1. The van der Waals surface area contributed by atoms with Crippen LogP contribution in [0.2, 0.25) is 0 Å². The van der Waals surface area contributed by atoms with Gasteiger partial charge in [-0.05, 0) is 55.7 Å². The molecular weight excluding hydrogens is 865 g/mol. The summed E-state index contributed by atoms with van der Waals surface area (Å²) in [6.07, 6.45) is 14.6. The second kappa shape index (κ2) is 28.5. The predicted molar refractivity (Wildman–Crippen MR) is 252 cm³/mol. The molecule has 0 radical (unpaired) electrons. The normalized spacial score (nSPS) is 16.9. The first-order valence-electron chi connectivity index (χ1n) is 23.5. The molecule has 0 unspecified atom stereocenters. The number of benzene rings is 2. The van der Waals surface area contributed by atoms with Crippen LogP contribution >= 0.6 is 0 Å². The highest BCUT2D eigenvalue weighted by atomic mass is 16.4. The number of amides is 7. The molecule has 0 fully saturated rings. The molecule has 1 aliphatic heterocycles. The maximum Gasteiger partial charge on any atom is 0.472 e. The number of aromatic hydroxyl groups is 2. The molecule has 67 heavy (non-hydrogen) atoms. The van der Waals surface area contributed by atoms with Gasteiger partial charge in [0.2, 0.25) is 41.4 Å². The molecule has 19 nitrogen and oxygen atoms in total. The van der Waals surface area contributed by atoms with Crippen LogP contribution in [0.4, 0.5) is 0 Å². The first-order chi connectivity index (χ1) is 31.9. The van der Waals surface area contributed by atoms with Gasteiger partial charge in [0, 0.05) is 38.1 Å². The second-order valence-electron chi connectivity index (χ2n) is 17.4. The van der Waals surface area contributed by atoms with Crippen LogP contribution in [-0.2, 0) is 40.0 Å². The van der Waals surface area contributed by atoms with Gasteiger partial charge in [-0.25, -0.2) is 0 Å². The zero-order chi connectivity index (χ0) is 49.6. The number of hydrogen-bond acceptors (Lipinski definition) is 12. The molecule has 370 valence electrons. The van der Waals surface area contributed by atoms with Crippen LogP contribution in [0.15, 0.2) is 36.4 Å². The van der Waals surface area contributed by atoms with E-state index < -0.39 is 92.4 Å². The number of unbranched alkanes of at least 4 members (excludes halogenated alkanes) is 12. The average Bonchev–Trinajstić information content (AvgIpc) is 3.29. The van der Waals surface area contributed by atoms with Crippen molar-refractivity contribution in [2.45, 2.75) is 147 Å². The summed E-state index contributed by atoms with van der Waals surface area (Å²) >= 11 is 0. The Balaban J connectivity index is 1.64. The molecule has 0 saturated heterocycles. The van der Waals surface area contributed by atoms with E-state index in [-0.39, 0.29) is 46.9 Å². The van der Waals surface area contributed by atoms with E-state index in [0.717, 1.165) is 29.1 Å². The summed E-state index contributed by atoms with van der Waals surface area (Å²) in [6.45, 7) is 3.56. The van der Waals surface area contributed by atoms with Gasteiger partial charge in [-0.2, -0.15) is 0 Å². The molecule has 0 saturated carbocycles. The van der Waals surface area contributed by atoms with E-state index in [1.165, 1.54) is 122 Å². The van der Waals surface area contributed by atoms with Crippen molar-refractivity contribution >= 4 is 48.5 Å². The van der Waals surface area contributed by atoms with Crippen molar-refractivity contribution in [1.82, 2.24) is 36.4 Å². The monoisotopic (exact) mass is 938 g/mol. The summed E-state index contributed by atoms with van der Waals surface area (Å²) in [4.78, 5) is 95.7. The first kappa shape index (κ1) is 55.6. The molecule has 5 atom stereocenters. The number of nitrogens with one attached hydrogen (secondary N) is 5. The van der Waals surface area contributed by atoms with E-state index in [4.69, 9.17) is 0 Å². The van der Waals surface area contributed by atoms with Gasteiger partial charge in [0.05, 0.1) is 19.6 Å². The van der Waals surface area contributed by atoms with Crippen LogP contribution < -0.4 is 26.6 Å². The second-order valence-corrected chi connectivity index (χ2v) is 17.4. The molecule has 4 bridgehead atoms. The Kier molecular flexibility index (Phi) is 23.6. The van der Waals surface area contributed by atoms with Crippen LogP contribution in [0.25, 0.3) is 11.1 Å². The Morgan fingerprint density at radius 3 is 1.91 bits per heavy atom. The van der Waals surface area contributed by atoms with Crippen molar-refractivity contribution in [3.05, 3.63) is 47.5 Å². The lowest BCUT2D eigenvalue weighted by Gasteiger charge is -2.30. The molecule has 1 aliphatic rings. The van der Waals surface area contributed by atoms with Crippen molar-refractivity contribution in [3.63, 3.8) is 0 Å². The summed E-state index contributed by atoms with van der Waals surface area (Å²) in [5.74, 6) is -5.72. The largest absolute Gasteiger partial charge is 0.507 e. The number of phenols is 2. The molecular formula is C47H72BN7O12. The summed E-state index contributed by atoms with van der Waals surface area (Å²) in [5, 5.41) is 62.8. The lowest BCUT2D eigenvalue weighted by molar-refractivity contribution is -0.142. The summed E-state index contributed by atoms with van der Waals surface area (Å²) in [5.41, 5.74) is 0.711. The highest BCUT2D eigenvalue weighted by Gasteiger charge is 2.34. The van der Waals surface area contributed by atoms with Crippen molar-refractivity contribution < 1.29 is 58.9 Å². The maximum atomic E-state index is 14.0. The van der Waals surface area contributed by atoms with Crippen LogP contribution in [0.5, 0.6) is 11.5 Å². The third kappa shape index (κ3) is 17.8. The van der Waals surface area contributed by atoms with Gasteiger partial charge in [0.15, 0.2) is 0 Å². The minimum atomic E-state index is -1.88. The van der Waals surface area contributed by atoms with Gasteiger partial charge in [-0.1, -0.05) is 96.1 Å². The van der Waals surface area contributed by atoms with E-state index >= 15 is 0 Å². The lowest BCUT2D eigenvalue weighted by atomic mass is 9.91. The number of carbonyl (C=O) groups excluding carboxylic acids is 7. The quantitative estimate of drug-likeness (QED) is 0.0505. The Bertz CT molecular complexity index is 1990. The fourth-order valence-corrected chi connectivity index (χ4v) is 7.82. The van der Waals surface area contributed by atoms with E-state index in [2.05, 4.69) is 33.5 Å². The molecule has 3 rings (SSSR count). The van der Waals surface area contributed by atoms with Crippen LogP contribution in [0.1, 0.15) is 128 Å². The van der Waals surface area contributed by atoms with Crippen molar-refractivity contribution in [3.8, 4) is 22.6 Å². The average molecular weight is 938 g/mol. The molecule has 1 heterocycles. The number of nitrogens with zero attached hydrogens (tertiary/aromatic N) is 2. The number of hydrogen-bond donors (Lipinski definition) is 10. The highest BCUT2D eigenvalue weighted by molar-refractivity contribution is 6.41. The van der Waals surface area contributed by atoms with E-state index in [0.29, 0.717) is 12.0 Å².